The lowest BCUT2D eigenvalue weighted by atomic mass is 10.1. The second-order valence-electron chi connectivity index (χ2n) is 6.30. The van der Waals surface area contributed by atoms with Gasteiger partial charge in [-0.15, -0.1) is 0 Å². The summed E-state index contributed by atoms with van der Waals surface area (Å²) >= 11 is 0. The first kappa shape index (κ1) is 16.8. The molecular weight excluding hydrogens is 312 g/mol. The Labute approximate surface area is 148 Å². The molecule has 2 aromatic rings. The van der Waals surface area contributed by atoms with Crippen molar-refractivity contribution in [2.75, 3.05) is 30.4 Å². The van der Waals surface area contributed by atoms with Crippen molar-refractivity contribution in [3.63, 3.8) is 0 Å². The Morgan fingerprint density at radius 2 is 1.84 bits per heavy atom. The minimum Gasteiger partial charge on any atom is -0.371 e. The highest BCUT2D eigenvalue weighted by molar-refractivity contribution is 5.89. The van der Waals surface area contributed by atoms with E-state index in [1.54, 1.807) is 36.2 Å². The number of hydrogen-bond donors (Lipinski definition) is 1. The van der Waals surface area contributed by atoms with Gasteiger partial charge in [0.1, 0.15) is 0 Å². The maximum atomic E-state index is 12.4. The fourth-order valence-corrected chi connectivity index (χ4v) is 3.09. The molecule has 0 bridgehead atoms. The third-order valence-electron chi connectivity index (χ3n) is 4.46. The number of rotatable bonds is 4. The molecule has 1 aliphatic heterocycles. The van der Waals surface area contributed by atoms with Gasteiger partial charge in [-0.05, 0) is 48.7 Å². The first-order valence-corrected chi connectivity index (χ1v) is 8.52. The first-order valence-electron chi connectivity index (χ1n) is 8.52. The topological polar surface area (TPSA) is 59.4 Å². The zero-order valence-corrected chi connectivity index (χ0v) is 14.4. The summed E-state index contributed by atoms with van der Waals surface area (Å²) in [6, 6.07) is 17.0. The van der Waals surface area contributed by atoms with Crippen molar-refractivity contribution < 1.29 is 4.79 Å². The minimum atomic E-state index is -0.166. The molecule has 0 unspecified atom stereocenters. The van der Waals surface area contributed by atoms with Crippen molar-refractivity contribution in [2.45, 2.75) is 19.4 Å². The number of hydrogen-bond acceptors (Lipinski definition) is 3. The predicted molar refractivity (Wildman–Crippen MR) is 99.5 cm³/mol. The lowest BCUT2D eigenvalue weighted by Gasteiger charge is -2.24. The normalized spacial score (nSPS) is 13.4. The van der Waals surface area contributed by atoms with Crippen LogP contribution >= 0.6 is 0 Å². The van der Waals surface area contributed by atoms with Crippen LogP contribution in [-0.2, 0) is 6.54 Å². The fraction of sp³-hybridized carbons (Fsp3) is 0.300. The molecule has 0 atom stereocenters. The summed E-state index contributed by atoms with van der Waals surface area (Å²) < 4.78 is 0. The maximum Gasteiger partial charge on any atom is 0.321 e. The summed E-state index contributed by atoms with van der Waals surface area (Å²) in [5, 5.41) is 11.7. The molecule has 25 heavy (non-hydrogen) atoms. The molecule has 1 N–H and O–H groups in total. The summed E-state index contributed by atoms with van der Waals surface area (Å²) in [6.45, 7) is 2.71. The van der Waals surface area contributed by atoms with Crippen molar-refractivity contribution >= 4 is 17.4 Å². The number of nitrogens with zero attached hydrogens (tertiary/aromatic N) is 3. The molecule has 0 saturated carbocycles. The predicted octanol–water partition coefficient (Wildman–Crippen LogP) is 3.82. The molecule has 5 heteroatoms. The molecule has 0 radical (unpaired) electrons. The molecule has 2 aromatic carbocycles. The average molecular weight is 334 g/mol. The Kier molecular flexibility index (Phi) is 5.20. The summed E-state index contributed by atoms with van der Waals surface area (Å²) in [5.41, 5.74) is 3.63. The number of nitrogens with one attached hydrogen (secondary N) is 1. The standard InChI is InChI=1S/C20H22N4O/c1-23(20(25)22-18-10-8-16(14-21)9-11-18)15-17-6-2-3-7-19(17)24-12-4-5-13-24/h2-3,6-11H,4-5,12-13,15H2,1H3,(H,22,25). The number of amides is 2. The van der Waals surface area contributed by atoms with Crippen LogP contribution in [0.5, 0.6) is 0 Å². The Bertz CT molecular complexity index is 773. The number of para-hydroxylation sites is 1. The fourth-order valence-electron chi connectivity index (χ4n) is 3.09. The number of urea groups is 1. The Balaban J connectivity index is 1.66. The van der Waals surface area contributed by atoms with E-state index in [9.17, 15) is 4.79 Å². The second-order valence-corrected chi connectivity index (χ2v) is 6.30. The van der Waals surface area contributed by atoms with Crippen molar-refractivity contribution in [2.24, 2.45) is 0 Å². The van der Waals surface area contributed by atoms with Gasteiger partial charge < -0.3 is 15.1 Å². The van der Waals surface area contributed by atoms with E-state index in [1.807, 2.05) is 12.1 Å². The molecule has 1 aliphatic rings. The highest BCUT2D eigenvalue weighted by atomic mass is 16.2. The van der Waals surface area contributed by atoms with Gasteiger partial charge in [0.05, 0.1) is 11.6 Å². The zero-order chi connectivity index (χ0) is 17.6. The molecule has 2 amide bonds. The van der Waals surface area contributed by atoms with Gasteiger partial charge in [-0.25, -0.2) is 4.79 Å². The van der Waals surface area contributed by atoms with Crippen molar-refractivity contribution in [1.82, 2.24) is 4.90 Å². The lowest BCUT2D eigenvalue weighted by Crippen LogP contribution is -2.31. The molecule has 0 spiro atoms. The molecular formula is C20H22N4O. The SMILES string of the molecule is CN(Cc1ccccc1N1CCCC1)C(=O)Nc1ccc(C#N)cc1. The Hall–Kier alpha value is -3.00. The molecule has 1 fully saturated rings. The number of nitriles is 1. The van der Waals surface area contributed by atoms with Crippen LogP contribution in [0, 0.1) is 11.3 Å². The van der Waals surface area contributed by atoms with Crippen LogP contribution in [0.15, 0.2) is 48.5 Å². The van der Waals surface area contributed by atoms with Gasteiger partial charge in [-0.1, -0.05) is 18.2 Å². The molecule has 1 saturated heterocycles. The summed E-state index contributed by atoms with van der Waals surface area (Å²) in [6.07, 6.45) is 2.45. The first-order chi connectivity index (χ1) is 12.2. The van der Waals surface area contributed by atoms with Crippen LogP contribution in [0.25, 0.3) is 0 Å². The van der Waals surface area contributed by atoms with Crippen LogP contribution in [0.3, 0.4) is 0 Å². The van der Waals surface area contributed by atoms with Crippen LogP contribution < -0.4 is 10.2 Å². The lowest BCUT2D eigenvalue weighted by molar-refractivity contribution is 0.220. The van der Waals surface area contributed by atoms with E-state index in [-0.39, 0.29) is 6.03 Å². The van der Waals surface area contributed by atoms with Crippen molar-refractivity contribution in [3.8, 4) is 6.07 Å². The van der Waals surface area contributed by atoms with E-state index in [0.29, 0.717) is 17.8 Å². The minimum absolute atomic E-state index is 0.166. The Morgan fingerprint density at radius 3 is 2.52 bits per heavy atom. The van der Waals surface area contributed by atoms with E-state index in [2.05, 4.69) is 28.4 Å². The highest BCUT2D eigenvalue weighted by Gasteiger charge is 2.17. The van der Waals surface area contributed by atoms with Crippen LogP contribution in [0.2, 0.25) is 0 Å². The zero-order valence-electron chi connectivity index (χ0n) is 14.4. The van der Waals surface area contributed by atoms with E-state index in [4.69, 9.17) is 5.26 Å². The third kappa shape index (κ3) is 4.10. The quantitative estimate of drug-likeness (QED) is 0.924. The van der Waals surface area contributed by atoms with Gasteiger partial charge in [0.2, 0.25) is 0 Å². The number of carbonyl (C=O) groups excluding carboxylic acids is 1. The van der Waals surface area contributed by atoms with Gasteiger partial charge in [0, 0.05) is 38.1 Å². The summed E-state index contributed by atoms with van der Waals surface area (Å²) in [5.74, 6) is 0. The molecule has 1 heterocycles. The van der Waals surface area contributed by atoms with Gasteiger partial charge in [0.25, 0.3) is 0 Å². The van der Waals surface area contributed by atoms with Crippen LogP contribution in [-0.4, -0.2) is 31.1 Å². The number of carbonyl (C=O) groups is 1. The smallest absolute Gasteiger partial charge is 0.321 e. The highest BCUT2D eigenvalue weighted by Crippen LogP contribution is 2.25. The van der Waals surface area contributed by atoms with Gasteiger partial charge >= 0.3 is 6.03 Å². The molecule has 3 rings (SSSR count). The van der Waals surface area contributed by atoms with Gasteiger partial charge in [-0.3, -0.25) is 0 Å². The number of anilines is 2. The molecule has 128 valence electrons. The Morgan fingerprint density at radius 1 is 1.16 bits per heavy atom. The molecule has 5 nitrogen and oxygen atoms in total. The summed E-state index contributed by atoms with van der Waals surface area (Å²) in [7, 11) is 1.79. The second kappa shape index (κ2) is 7.71. The third-order valence-corrected chi connectivity index (χ3v) is 4.46. The number of benzene rings is 2. The van der Waals surface area contributed by atoms with E-state index < -0.39 is 0 Å². The van der Waals surface area contributed by atoms with Gasteiger partial charge in [0.15, 0.2) is 0 Å². The molecule has 0 aliphatic carbocycles. The van der Waals surface area contributed by atoms with E-state index in [1.165, 1.54) is 18.5 Å². The van der Waals surface area contributed by atoms with E-state index in [0.717, 1.165) is 18.7 Å². The molecule has 0 aromatic heterocycles. The van der Waals surface area contributed by atoms with Crippen LogP contribution in [0.1, 0.15) is 24.0 Å². The largest absolute Gasteiger partial charge is 0.371 e. The average Bonchev–Trinajstić information content (AvgIpc) is 3.17. The van der Waals surface area contributed by atoms with Crippen molar-refractivity contribution in [3.05, 3.63) is 59.7 Å². The monoisotopic (exact) mass is 334 g/mol. The maximum absolute atomic E-state index is 12.4. The van der Waals surface area contributed by atoms with E-state index >= 15 is 0 Å². The summed E-state index contributed by atoms with van der Waals surface area (Å²) in [4.78, 5) is 16.5. The van der Waals surface area contributed by atoms with Crippen LogP contribution in [0.4, 0.5) is 16.2 Å². The van der Waals surface area contributed by atoms with Crippen molar-refractivity contribution in [1.29, 1.82) is 5.26 Å². The van der Waals surface area contributed by atoms with Gasteiger partial charge in [-0.2, -0.15) is 5.26 Å².